The summed E-state index contributed by atoms with van der Waals surface area (Å²) in [5, 5.41) is 39.8. The lowest BCUT2D eigenvalue weighted by atomic mass is 9.99. The van der Waals surface area contributed by atoms with Crippen LogP contribution in [0.15, 0.2) is 85.1 Å². The first-order valence-electron chi connectivity index (χ1n) is 21.6. The quantitative estimate of drug-likeness (QED) is 0.0278. The number of carboxylic acid groups (broad SMARTS) is 1. The number of unbranched alkanes of at least 4 members (excludes halogenated alkanes) is 9. The van der Waals surface area contributed by atoms with Crippen LogP contribution in [0.3, 0.4) is 0 Å². The SMILES string of the molecule is CC/C=C\C/C=C\C/C=C\C/C=C\CCCCCCCCC(=O)OCC(COC1OC(C(=O)O)C(O)C(O)C1O)OC(=O)CCCCC/C=C\C/C=C\C/C=C\CC. The molecular formula is C47H74O11. The minimum absolute atomic E-state index is 0.139. The van der Waals surface area contributed by atoms with E-state index in [1.807, 2.05) is 0 Å². The van der Waals surface area contributed by atoms with E-state index in [4.69, 9.17) is 18.9 Å². The number of aliphatic carboxylic acids is 1. The van der Waals surface area contributed by atoms with Gasteiger partial charge >= 0.3 is 17.9 Å². The molecule has 1 saturated heterocycles. The first-order chi connectivity index (χ1) is 28.2. The van der Waals surface area contributed by atoms with Gasteiger partial charge < -0.3 is 39.4 Å². The summed E-state index contributed by atoms with van der Waals surface area (Å²) in [5.74, 6) is -2.52. The van der Waals surface area contributed by atoms with Gasteiger partial charge in [0.1, 0.15) is 24.9 Å². The molecule has 328 valence electrons. The molecule has 0 aromatic heterocycles. The molecule has 0 radical (unpaired) electrons. The number of allylic oxidation sites excluding steroid dienone is 14. The molecule has 11 nitrogen and oxygen atoms in total. The van der Waals surface area contributed by atoms with Gasteiger partial charge in [-0.05, 0) is 83.5 Å². The lowest BCUT2D eigenvalue weighted by Crippen LogP contribution is -2.60. The number of hydrogen-bond acceptors (Lipinski definition) is 10. The number of esters is 2. The van der Waals surface area contributed by atoms with Gasteiger partial charge in [-0.2, -0.15) is 0 Å². The molecule has 4 N–H and O–H groups in total. The van der Waals surface area contributed by atoms with Crippen LogP contribution in [-0.2, 0) is 33.3 Å². The van der Waals surface area contributed by atoms with Crippen LogP contribution in [0.1, 0.15) is 142 Å². The van der Waals surface area contributed by atoms with E-state index in [9.17, 15) is 34.8 Å². The van der Waals surface area contributed by atoms with Gasteiger partial charge in [0.15, 0.2) is 18.5 Å². The summed E-state index contributed by atoms with van der Waals surface area (Å²) in [7, 11) is 0. The highest BCUT2D eigenvalue weighted by Crippen LogP contribution is 2.23. The second-order valence-corrected chi connectivity index (χ2v) is 14.4. The smallest absolute Gasteiger partial charge is 0.335 e. The summed E-state index contributed by atoms with van der Waals surface area (Å²) >= 11 is 0. The summed E-state index contributed by atoms with van der Waals surface area (Å²) in [6.45, 7) is 3.52. The fraction of sp³-hybridized carbons (Fsp3) is 0.638. The molecule has 6 atom stereocenters. The van der Waals surface area contributed by atoms with Crippen molar-refractivity contribution in [3.05, 3.63) is 85.1 Å². The molecule has 1 aliphatic rings. The van der Waals surface area contributed by atoms with E-state index >= 15 is 0 Å². The van der Waals surface area contributed by atoms with Gasteiger partial charge in [0.05, 0.1) is 6.61 Å². The number of aliphatic hydroxyl groups excluding tert-OH is 3. The first-order valence-corrected chi connectivity index (χ1v) is 21.6. The van der Waals surface area contributed by atoms with Crippen LogP contribution in [0.5, 0.6) is 0 Å². The summed E-state index contributed by atoms with van der Waals surface area (Å²) in [5.41, 5.74) is 0. The fourth-order valence-electron chi connectivity index (χ4n) is 5.88. The molecule has 0 aromatic carbocycles. The number of aliphatic hydroxyl groups is 3. The molecule has 11 heteroatoms. The molecule has 1 rings (SSSR count). The Morgan fingerprint density at radius 1 is 0.534 bits per heavy atom. The Morgan fingerprint density at radius 3 is 1.47 bits per heavy atom. The maximum absolute atomic E-state index is 12.7. The van der Waals surface area contributed by atoms with Gasteiger partial charge in [0, 0.05) is 12.8 Å². The average Bonchev–Trinajstić information content (AvgIpc) is 3.21. The zero-order valence-electron chi connectivity index (χ0n) is 35.2. The monoisotopic (exact) mass is 815 g/mol. The Bertz CT molecular complexity index is 1280. The van der Waals surface area contributed by atoms with Crippen LogP contribution in [0.25, 0.3) is 0 Å². The van der Waals surface area contributed by atoms with Gasteiger partial charge in [0.25, 0.3) is 0 Å². The zero-order valence-corrected chi connectivity index (χ0v) is 35.2. The van der Waals surface area contributed by atoms with Crippen LogP contribution in [0, 0.1) is 0 Å². The van der Waals surface area contributed by atoms with Crippen molar-refractivity contribution >= 4 is 17.9 Å². The standard InChI is InChI=1S/C47H74O11/c1-3-5-7-9-11-13-15-17-18-19-20-21-22-24-25-27-29-31-33-35-40(48)55-37-39(38-56-47-44(52)42(50)43(51)45(58-47)46(53)54)57-41(49)36-34-32-30-28-26-23-16-14-12-10-8-6-4-2/h5-8,11-14,17-18,20-21,23,26,39,42-45,47,50-52H,3-4,9-10,15-16,19,22,24-25,27-38H2,1-2H3,(H,53,54)/b7-5-,8-6-,13-11-,14-12-,18-17-,21-20-,26-23-. The molecule has 0 saturated carbocycles. The Hall–Kier alpha value is -3.61. The molecule has 0 bridgehead atoms. The summed E-state index contributed by atoms with van der Waals surface area (Å²) in [4.78, 5) is 36.8. The molecule has 1 heterocycles. The Balaban J connectivity index is 2.40. The van der Waals surface area contributed by atoms with Crippen LogP contribution < -0.4 is 0 Å². The number of rotatable bonds is 34. The number of ether oxygens (including phenoxy) is 4. The van der Waals surface area contributed by atoms with Crippen molar-refractivity contribution in [2.45, 2.75) is 179 Å². The maximum Gasteiger partial charge on any atom is 0.335 e. The molecule has 0 aromatic rings. The largest absolute Gasteiger partial charge is 0.479 e. The van der Waals surface area contributed by atoms with Gasteiger partial charge in [-0.25, -0.2) is 4.79 Å². The fourth-order valence-corrected chi connectivity index (χ4v) is 5.88. The molecule has 1 aliphatic heterocycles. The van der Waals surface area contributed by atoms with Crippen molar-refractivity contribution in [1.29, 1.82) is 0 Å². The highest BCUT2D eigenvalue weighted by molar-refractivity contribution is 5.73. The number of carbonyl (C=O) groups excluding carboxylic acids is 2. The third-order valence-corrected chi connectivity index (χ3v) is 9.24. The third kappa shape index (κ3) is 27.9. The Kier molecular flexibility index (Phi) is 33.0. The normalized spacial score (nSPS) is 20.9. The second kappa shape index (κ2) is 36.5. The van der Waals surface area contributed by atoms with Crippen LogP contribution in [0.2, 0.25) is 0 Å². The Morgan fingerprint density at radius 2 is 0.966 bits per heavy atom. The van der Waals surface area contributed by atoms with Crippen molar-refractivity contribution in [2.75, 3.05) is 13.2 Å². The number of carboxylic acids is 1. The topological polar surface area (TPSA) is 169 Å². The van der Waals surface area contributed by atoms with E-state index in [2.05, 4.69) is 98.9 Å². The predicted octanol–water partition coefficient (Wildman–Crippen LogP) is 9.09. The van der Waals surface area contributed by atoms with Crippen molar-refractivity contribution in [3.63, 3.8) is 0 Å². The van der Waals surface area contributed by atoms with Crippen molar-refractivity contribution in [3.8, 4) is 0 Å². The van der Waals surface area contributed by atoms with E-state index in [-0.39, 0.29) is 19.4 Å². The van der Waals surface area contributed by atoms with Crippen molar-refractivity contribution in [2.24, 2.45) is 0 Å². The first kappa shape index (κ1) is 52.4. The van der Waals surface area contributed by atoms with Crippen LogP contribution in [0.4, 0.5) is 0 Å². The Labute approximate surface area is 348 Å². The molecule has 0 amide bonds. The van der Waals surface area contributed by atoms with E-state index in [0.29, 0.717) is 12.8 Å². The lowest BCUT2D eigenvalue weighted by molar-refractivity contribution is -0.298. The summed E-state index contributed by atoms with van der Waals surface area (Å²) < 4.78 is 21.7. The molecule has 58 heavy (non-hydrogen) atoms. The van der Waals surface area contributed by atoms with E-state index in [0.717, 1.165) is 103 Å². The van der Waals surface area contributed by atoms with Gasteiger partial charge in [-0.3, -0.25) is 9.59 Å². The molecule has 0 aliphatic carbocycles. The summed E-state index contributed by atoms with van der Waals surface area (Å²) in [6, 6.07) is 0. The lowest BCUT2D eigenvalue weighted by Gasteiger charge is -2.38. The number of hydrogen-bond donors (Lipinski definition) is 4. The number of carbonyl (C=O) groups is 3. The highest BCUT2D eigenvalue weighted by Gasteiger charge is 2.47. The minimum Gasteiger partial charge on any atom is -0.479 e. The molecular weight excluding hydrogens is 741 g/mol. The maximum atomic E-state index is 12.7. The molecule has 1 fully saturated rings. The van der Waals surface area contributed by atoms with Crippen molar-refractivity contribution < 1.29 is 53.8 Å². The second-order valence-electron chi connectivity index (χ2n) is 14.4. The minimum atomic E-state index is -1.87. The van der Waals surface area contributed by atoms with Crippen molar-refractivity contribution in [1.82, 2.24) is 0 Å². The van der Waals surface area contributed by atoms with Gasteiger partial charge in [-0.1, -0.05) is 131 Å². The van der Waals surface area contributed by atoms with Gasteiger partial charge in [-0.15, -0.1) is 0 Å². The highest BCUT2D eigenvalue weighted by atomic mass is 16.7. The average molecular weight is 815 g/mol. The third-order valence-electron chi connectivity index (χ3n) is 9.24. The summed E-state index contributed by atoms with van der Waals surface area (Å²) in [6.07, 6.45) is 37.8. The predicted molar refractivity (Wildman–Crippen MR) is 229 cm³/mol. The zero-order chi connectivity index (χ0) is 42.5. The molecule has 6 unspecified atom stereocenters. The van der Waals surface area contributed by atoms with Gasteiger partial charge in [0.2, 0.25) is 0 Å². The van der Waals surface area contributed by atoms with Crippen LogP contribution in [-0.4, -0.2) is 88.4 Å². The van der Waals surface area contributed by atoms with Crippen LogP contribution >= 0.6 is 0 Å². The van der Waals surface area contributed by atoms with E-state index in [1.165, 1.54) is 0 Å². The van der Waals surface area contributed by atoms with E-state index < -0.39 is 61.3 Å². The van der Waals surface area contributed by atoms with E-state index in [1.54, 1.807) is 0 Å². The molecule has 0 spiro atoms.